The highest BCUT2D eigenvalue weighted by Crippen LogP contribution is 2.10. The van der Waals surface area contributed by atoms with Crippen LogP contribution in [0.1, 0.15) is 0 Å². The Labute approximate surface area is 87.2 Å². The van der Waals surface area contributed by atoms with E-state index in [4.69, 9.17) is 9.53 Å². The number of carboxylic acid groups (broad SMARTS) is 1. The Balaban J connectivity index is 4.40. The first kappa shape index (κ1) is 13.6. The zero-order chi connectivity index (χ0) is 11.6. The molecule has 0 heterocycles. The molecular formula is C9H22NO3Si+. The lowest BCUT2D eigenvalue weighted by Crippen LogP contribution is -2.48. The fourth-order valence-corrected chi connectivity index (χ4v) is 2.12. The number of hydrogen-bond acceptors (Lipinski definition) is 2. The predicted octanol–water partition coefficient (Wildman–Crippen LogP) is 0.997. The van der Waals surface area contributed by atoms with E-state index in [2.05, 4.69) is 0 Å². The number of carbonyl (C=O) groups is 1. The lowest BCUT2D eigenvalue weighted by molar-refractivity contribution is -0.872. The lowest BCUT2D eigenvalue weighted by Gasteiger charge is -2.30. The van der Waals surface area contributed by atoms with Crippen molar-refractivity contribution in [1.82, 2.24) is 0 Å². The highest BCUT2D eigenvalue weighted by atomic mass is 28.4. The minimum Gasteiger partial charge on any atom is -0.479 e. The summed E-state index contributed by atoms with van der Waals surface area (Å²) < 4.78 is 6.20. The van der Waals surface area contributed by atoms with Crippen molar-refractivity contribution in [2.75, 3.05) is 27.7 Å². The molecule has 0 bridgehead atoms. The SMILES string of the molecule is C[N+](C)(C)CC(O[Si](C)(C)C)C(=O)O. The second kappa shape index (κ2) is 4.42. The quantitative estimate of drug-likeness (QED) is 0.555. The number of nitrogens with zero attached hydrogens (tertiary/aromatic N) is 1. The molecule has 0 aromatic heterocycles. The smallest absolute Gasteiger partial charge is 0.337 e. The van der Waals surface area contributed by atoms with Gasteiger partial charge in [0.2, 0.25) is 0 Å². The van der Waals surface area contributed by atoms with Crippen LogP contribution in [0.3, 0.4) is 0 Å². The fourth-order valence-electron chi connectivity index (χ4n) is 1.09. The summed E-state index contributed by atoms with van der Waals surface area (Å²) in [5.41, 5.74) is 0. The van der Waals surface area contributed by atoms with Gasteiger partial charge in [0.15, 0.2) is 14.4 Å². The second-order valence-corrected chi connectivity index (χ2v) is 9.99. The highest BCUT2D eigenvalue weighted by molar-refractivity contribution is 6.69. The van der Waals surface area contributed by atoms with Crippen LogP contribution in [0.4, 0.5) is 0 Å². The van der Waals surface area contributed by atoms with E-state index in [1.165, 1.54) is 0 Å². The molecule has 0 aromatic rings. The van der Waals surface area contributed by atoms with Gasteiger partial charge in [-0.2, -0.15) is 0 Å². The van der Waals surface area contributed by atoms with Crippen LogP contribution in [0.15, 0.2) is 0 Å². The number of carboxylic acids is 1. The van der Waals surface area contributed by atoms with Gasteiger partial charge in [-0.3, -0.25) is 0 Å². The third-order valence-corrected chi connectivity index (χ3v) is 2.48. The molecule has 0 aliphatic rings. The van der Waals surface area contributed by atoms with E-state index in [-0.39, 0.29) is 0 Å². The van der Waals surface area contributed by atoms with E-state index in [1.54, 1.807) is 0 Å². The maximum atomic E-state index is 10.9. The van der Waals surface area contributed by atoms with Crippen molar-refractivity contribution in [2.24, 2.45) is 0 Å². The van der Waals surface area contributed by atoms with Crippen molar-refractivity contribution >= 4 is 14.3 Å². The minimum absolute atomic E-state index is 0.500. The largest absolute Gasteiger partial charge is 0.479 e. The van der Waals surface area contributed by atoms with Crippen LogP contribution < -0.4 is 0 Å². The minimum atomic E-state index is -1.77. The van der Waals surface area contributed by atoms with Gasteiger partial charge in [-0.05, 0) is 19.6 Å². The van der Waals surface area contributed by atoms with E-state index in [1.807, 2.05) is 40.8 Å². The molecule has 0 saturated heterocycles. The summed E-state index contributed by atoms with van der Waals surface area (Å²) in [6.07, 6.45) is -0.679. The predicted molar refractivity (Wildman–Crippen MR) is 58.8 cm³/mol. The average molecular weight is 220 g/mol. The van der Waals surface area contributed by atoms with E-state index in [9.17, 15) is 4.79 Å². The highest BCUT2D eigenvalue weighted by Gasteiger charge is 2.30. The molecule has 0 aromatic carbocycles. The summed E-state index contributed by atoms with van der Waals surface area (Å²) in [7, 11) is 4.11. The Morgan fingerprint density at radius 3 is 2.00 bits per heavy atom. The fraction of sp³-hybridized carbons (Fsp3) is 0.889. The van der Waals surface area contributed by atoms with Gasteiger partial charge < -0.3 is 14.0 Å². The molecule has 0 spiro atoms. The standard InChI is InChI=1S/C9H21NO3Si/c1-10(2,3)7-8(9(11)12)13-14(4,5)6/h8H,7H2,1-6H3/p+1. The summed E-state index contributed by atoms with van der Waals surface area (Å²) in [6.45, 7) is 6.50. The molecule has 0 aliphatic carbocycles. The summed E-state index contributed by atoms with van der Waals surface area (Å²) in [6, 6.07) is 0. The van der Waals surface area contributed by atoms with Crippen LogP contribution in [-0.2, 0) is 9.22 Å². The molecule has 5 heteroatoms. The molecule has 0 aliphatic heterocycles. The van der Waals surface area contributed by atoms with Crippen LogP contribution in [0, 0.1) is 0 Å². The van der Waals surface area contributed by atoms with Crippen LogP contribution in [0.5, 0.6) is 0 Å². The van der Waals surface area contributed by atoms with Gasteiger partial charge in [-0.15, -0.1) is 0 Å². The monoisotopic (exact) mass is 220 g/mol. The summed E-state index contributed by atoms with van der Waals surface area (Å²) in [4.78, 5) is 10.9. The normalized spacial score (nSPS) is 15.3. The third kappa shape index (κ3) is 7.05. The van der Waals surface area contributed by atoms with Gasteiger partial charge >= 0.3 is 5.97 Å². The lowest BCUT2D eigenvalue weighted by atomic mass is 10.3. The molecule has 0 saturated carbocycles. The molecule has 0 fully saturated rings. The van der Waals surface area contributed by atoms with Crippen LogP contribution >= 0.6 is 0 Å². The Morgan fingerprint density at radius 1 is 1.36 bits per heavy atom. The van der Waals surface area contributed by atoms with Crippen LogP contribution in [-0.4, -0.2) is 57.7 Å². The van der Waals surface area contributed by atoms with Crippen molar-refractivity contribution in [2.45, 2.75) is 25.7 Å². The Kier molecular flexibility index (Phi) is 4.29. The van der Waals surface area contributed by atoms with Crippen LogP contribution in [0.25, 0.3) is 0 Å². The molecule has 0 radical (unpaired) electrons. The second-order valence-electron chi connectivity index (χ2n) is 5.53. The third-order valence-electron chi connectivity index (χ3n) is 1.48. The number of rotatable bonds is 5. The Hall–Kier alpha value is -0.393. The van der Waals surface area contributed by atoms with Crippen molar-refractivity contribution in [3.8, 4) is 0 Å². The molecule has 0 amide bonds. The molecule has 1 unspecified atom stereocenters. The summed E-state index contributed by atoms with van der Waals surface area (Å²) in [5, 5.41) is 8.99. The van der Waals surface area contributed by atoms with Gasteiger partial charge in [-0.25, -0.2) is 4.79 Å². The van der Waals surface area contributed by atoms with Gasteiger partial charge in [0.05, 0.1) is 21.1 Å². The Bertz CT molecular complexity index is 189. The topological polar surface area (TPSA) is 46.5 Å². The van der Waals surface area contributed by atoms with Crippen molar-refractivity contribution in [1.29, 1.82) is 0 Å². The molecule has 0 rings (SSSR count). The van der Waals surface area contributed by atoms with E-state index >= 15 is 0 Å². The van der Waals surface area contributed by atoms with Crippen molar-refractivity contribution in [3.63, 3.8) is 0 Å². The first-order valence-electron chi connectivity index (χ1n) is 4.72. The van der Waals surface area contributed by atoms with E-state index in [0.717, 1.165) is 0 Å². The molecule has 4 nitrogen and oxygen atoms in total. The van der Waals surface area contributed by atoms with Gasteiger partial charge in [0.1, 0.15) is 6.54 Å². The van der Waals surface area contributed by atoms with E-state index in [0.29, 0.717) is 11.0 Å². The van der Waals surface area contributed by atoms with Crippen LogP contribution in [0.2, 0.25) is 19.6 Å². The van der Waals surface area contributed by atoms with Crippen molar-refractivity contribution in [3.05, 3.63) is 0 Å². The first-order valence-corrected chi connectivity index (χ1v) is 8.13. The maximum absolute atomic E-state index is 10.9. The number of aliphatic carboxylic acids is 1. The first-order chi connectivity index (χ1) is 6.01. The molecule has 1 atom stereocenters. The number of hydrogen-bond donors (Lipinski definition) is 1. The molecule has 14 heavy (non-hydrogen) atoms. The Morgan fingerprint density at radius 2 is 1.79 bits per heavy atom. The zero-order valence-electron chi connectivity index (χ0n) is 10.00. The van der Waals surface area contributed by atoms with Gasteiger partial charge in [0, 0.05) is 0 Å². The van der Waals surface area contributed by atoms with Gasteiger partial charge in [-0.1, -0.05) is 0 Å². The average Bonchev–Trinajstić information content (AvgIpc) is 1.78. The number of likely N-dealkylation sites (N-methyl/N-ethyl adjacent to an activating group) is 1. The zero-order valence-corrected chi connectivity index (χ0v) is 11.0. The van der Waals surface area contributed by atoms with E-state index < -0.39 is 20.4 Å². The summed E-state index contributed by atoms with van der Waals surface area (Å²) in [5.74, 6) is -0.861. The molecule has 1 N–H and O–H groups in total. The summed E-state index contributed by atoms with van der Waals surface area (Å²) >= 11 is 0. The maximum Gasteiger partial charge on any atom is 0.337 e. The number of quaternary nitrogens is 1. The van der Waals surface area contributed by atoms with Crippen molar-refractivity contribution < 1.29 is 18.8 Å². The molecule has 84 valence electrons. The molecular weight excluding hydrogens is 198 g/mol. The van der Waals surface area contributed by atoms with Gasteiger partial charge in [0.25, 0.3) is 0 Å².